The number of fused-ring (bicyclic) bond motifs is 4. The van der Waals surface area contributed by atoms with Crippen molar-refractivity contribution in [2.45, 2.75) is 45.4 Å². The number of hydrogen-bond acceptors (Lipinski definition) is 4. The third-order valence-corrected chi connectivity index (χ3v) is 12.2. The average molecular weight is 781 g/mol. The molecule has 1 aliphatic heterocycles. The summed E-state index contributed by atoms with van der Waals surface area (Å²) in [7, 11) is 0. The molecule has 0 bridgehead atoms. The average Bonchev–Trinajstić information content (AvgIpc) is 3.83. The highest BCUT2D eigenvalue weighted by Crippen LogP contribution is 2.46. The number of para-hydroxylation sites is 2. The van der Waals surface area contributed by atoms with Crippen LogP contribution in [0.4, 0.5) is 22.7 Å². The molecule has 5 heteroatoms. The zero-order valence-corrected chi connectivity index (χ0v) is 34.8. The Balaban J connectivity index is 1.04. The normalized spacial score (nSPS) is 12.9. The first-order chi connectivity index (χ1) is 29.1. The number of nitrogens with zero attached hydrogens (tertiary/aromatic N) is 4. The van der Waals surface area contributed by atoms with Gasteiger partial charge in [0.2, 0.25) is 0 Å². The number of anilines is 4. The SMILES string of the molecule is CC(C)(C)c1cccc(N2CN(c3cccc(Oc4ccc5c6cc(-c7ccccc7)ccc6n(-c6cc(C(C)(C)c7ccccc7)ccn6)c5c4)c3)c3ccccc32)c1. The minimum absolute atomic E-state index is 0.0585. The fourth-order valence-corrected chi connectivity index (χ4v) is 8.72. The Morgan fingerprint density at radius 2 is 1.12 bits per heavy atom. The van der Waals surface area contributed by atoms with E-state index in [4.69, 9.17) is 9.72 Å². The van der Waals surface area contributed by atoms with Crippen LogP contribution < -0.4 is 14.5 Å². The lowest BCUT2D eigenvalue weighted by atomic mass is 9.78. The van der Waals surface area contributed by atoms with E-state index in [-0.39, 0.29) is 10.8 Å². The lowest BCUT2D eigenvalue weighted by Crippen LogP contribution is -2.24. The molecule has 0 amide bonds. The molecule has 0 atom stereocenters. The van der Waals surface area contributed by atoms with Crippen LogP contribution in [0.25, 0.3) is 38.8 Å². The summed E-state index contributed by atoms with van der Waals surface area (Å²) >= 11 is 0. The van der Waals surface area contributed by atoms with Crippen molar-refractivity contribution in [2.24, 2.45) is 0 Å². The third kappa shape index (κ3) is 6.66. The maximum atomic E-state index is 6.78. The van der Waals surface area contributed by atoms with Gasteiger partial charge in [0.05, 0.1) is 22.4 Å². The molecule has 1 aliphatic rings. The van der Waals surface area contributed by atoms with Gasteiger partial charge in [0, 0.05) is 45.9 Å². The van der Waals surface area contributed by atoms with Crippen molar-refractivity contribution in [3.63, 3.8) is 0 Å². The largest absolute Gasteiger partial charge is 0.457 e. The third-order valence-electron chi connectivity index (χ3n) is 12.2. The summed E-state index contributed by atoms with van der Waals surface area (Å²) in [6, 6.07) is 64.9. The predicted octanol–water partition coefficient (Wildman–Crippen LogP) is 14.5. The van der Waals surface area contributed by atoms with E-state index in [9.17, 15) is 0 Å². The summed E-state index contributed by atoms with van der Waals surface area (Å²) in [6.45, 7) is 12.1. The van der Waals surface area contributed by atoms with Crippen LogP contribution in [0.15, 0.2) is 188 Å². The maximum Gasteiger partial charge on any atom is 0.137 e. The van der Waals surface area contributed by atoms with Gasteiger partial charge < -0.3 is 14.5 Å². The van der Waals surface area contributed by atoms with Gasteiger partial charge in [-0.25, -0.2) is 4.98 Å². The molecule has 0 spiro atoms. The number of ether oxygens (including phenoxy) is 1. The molecule has 2 aromatic heterocycles. The van der Waals surface area contributed by atoms with E-state index >= 15 is 0 Å². The molecule has 9 aromatic rings. The Morgan fingerprint density at radius 1 is 0.467 bits per heavy atom. The van der Waals surface area contributed by atoms with Crippen molar-refractivity contribution < 1.29 is 4.74 Å². The molecule has 0 N–H and O–H groups in total. The topological polar surface area (TPSA) is 33.5 Å². The number of pyridine rings is 1. The van der Waals surface area contributed by atoms with E-state index < -0.39 is 0 Å². The zero-order chi connectivity index (χ0) is 41.0. The highest BCUT2D eigenvalue weighted by molar-refractivity contribution is 6.10. The second kappa shape index (κ2) is 14.6. The summed E-state index contributed by atoms with van der Waals surface area (Å²) in [6.07, 6.45) is 1.94. The van der Waals surface area contributed by atoms with Crippen LogP contribution in [0.3, 0.4) is 0 Å². The van der Waals surface area contributed by atoms with E-state index in [2.05, 4.69) is 225 Å². The van der Waals surface area contributed by atoms with E-state index in [0.717, 1.165) is 39.4 Å². The lowest BCUT2D eigenvalue weighted by molar-refractivity contribution is 0.483. The number of aromatic nitrogens is 2. The molecule has 294 valence electrons. The van der Waals surface area contributed by atoms with Crippen molar-refractivity contribution in [3.05, 3.63) is 205 Å². The Bertz CT molecular complexity index is 3010. The molecule has 7 aromatic carbocycles. The van der Waals surface area contributed by atoms with Crippen molar-refractivity contribution in [1.29, 1.82) is 0 Å². The molecule has 0 saturated heterocycles. The molecule has 5 nitrogen and oxygen atoms in total. The Kier molecular flexibility index (Phi) is 9.06. The van der Waals surface area contributed by atoms with Crippen molar-refractivity contribution in [3.8, 4) is 28.4 Å². The highest BCUT2D eigenvalue weighted by Gasteiger charge is 2.29. The Labute approximate surface area is 352 Å². The van der Waals surface area contributed by atoms with E-state index in [1.54, 1.807) is 0 Å². The number of benzene rings is 7. The summed E-state index contributed by atoms with van der Waals surface area (Å²) in [4.78, 5) is 9.78. The maximum absolute atomic E-state index is 6.78. The standard InChI is InChI=1S/C55H48N4O/c1-54(2,3)41-20-14-21-43(33-41)57-37-58(51-25-13-12-24-50(51)57)44-22-15-23-45(35-44)60-46-27-28-47-48-32-39(38-16-8-6-9-17-38)26-29-49(48)59(52(47)36-46)53-34-42(30-31-56-53)55(4,5)40-18-10-7-11-19-40/h6-36H,37H2,1-5H3. The van der Waals surface area contributed by atoms with E-state index in [1.165, 1.54) is 50.3 Å². The molecule has 60 heavy (non-hydrogen) atoms. The minimum atomic E-state index is -0.221. The number of rotatable bonds is 8. The molecule has 0 aliphatic carbocycles. The molecule has 0 fully saturated rings. The van der Waals surface area contributed by atoms with Crippen LogP contribution >= 0.6 is 0 Å². The molecular weight excluding hydrogens is 733 g/mol. The van der Waals surface area contributed by atoms with Gasteiger partial charge in [-0.1, -0.05) is 132 Å². The summed E-state index contributed by atoms with van der Waals surface area (Å²) in [5.41, 5.74) is 12.7. The van der Waals surface area contributed by atoms with Gasteiger partial charge in [0.25, 0.3) is 0 Å². The molecular formula is C55H48N4O. The minimum Gasteiger partial charge on any atom is -0.457 e. The van der Waals surface area contributed by atoms with E-state index in [0.29, 0.717) is 6.67 Å². The quantitative estimate of drug-likeness (QED) is 0.154. The fourth-order valence-electron chi connectivity index (χ4n) is 8.72. The van der Waals surface area contributed by atoms with Crippen LogP contribution in [-0.2, 0) is 10.8 Å². The second-order valence-electron chi connectivity index (χ2n) is 17.4. The second-order valence-corrected chi connectivity index (χ2v) is 17.4. The van der Waals surface area contributed by atoms with Crippen molar-refractivity contribution >= 4 is 44.6 Å². The van der Waals surface area contributed by atoms with Crippen LogP contribution in [0, 0.1) is 0 Å². The van der Waals surface area contributed by atoms with Gasteiger partial charge in [-0.15, -0.1) is 0 Å². The highest BCUT2D eigenvalue weighted by atomic mass is 16.5. The van der Waals surface area contributed by atoms with Gasteiger partial charge in [0.1, 0.15) is 24.0 Å². The van der Waals surface area contributed by atoms with Crippen LogP contribution in [0.2, 0.25) is 0 Å². The molecule has 0 unspecified atom stereocenters. The van der Waals surface area contributed by atoms with Gasteiger partial charge in [-0.3, -0.25) is 4.57 Å². The van der Waals surface area contributed by atoms with Crippen LogP contribution in [-0.4, -0.2) is 16.2 Å². The van der Waals surface area contributed by atoms with Gasteiger partial charge in [-0.2, -0.15) is 0 Å². The number of hydrogen-bond donors (Lipinski definition) is 0. The summed E-state index contributed by atoms with van der Waals surface area (Å²) in [5, 5.41) is 2.31. The lowest BCUT2D eigenvalue weighted by Gasteiger charge is -2.26. The predicted molar refractivity (Wildman–Crippen MR) is 250 cm³/mol. The molecule has 10 rings (SSSR count). The smallest absolute Gasteiger partial charge is 0.137 e. The Morgan fingerprint density at radius 3 is 1.85 bits per heavy atom. The Hall–Kier alpha value is -7.11. The van der Waals surface area contributed by atoms with E-state index in [1.807, 2.05) is 12.3 Å². The fraction of sp³-hybridized carbons (Fsp3) is 0.145. The summed E-state index contributed by atoms with van der Waals surface area (Å²) in [5.74, 6) is 2.40. The van der Waals surface area contributed by atoms with Crippen LogP contribution in [0.5, 0.6) is 11.5 Å². The van der Waals surface area contributed by atoms with Gasteiger partial charge >= 0.3 is 0 Å². The van der Waals surface area contributed by atoms with Gasteiger partial charge in [-0.05, 0) is 106 Å². The van der Waals surface area contributed by atoms with Crippen molar-refractivity contribution in [1.82, 2.24) is 9.55 Å². The molecule has 0 saturated carbocycles. The van der Waals surface area contributed by atoms with Crippen molar-refractivity contribution in [2.75, 3.05) is 16.5 Å². The first-order valence-corrected chi connectivity index (χ1v) is 20.8. The molecule has 3 heterocycles. The first kappa shape index (κ1) is 37.2. The van der Waals surface area contributed by atoms with Crippen LogP contribution in [0.1, 0.15) is 51.3 Å². The summed E-state index contributed by atoms with van der Waals surface area (Å²) < 4.78 is 9.07. The zero-order valence-electron chi connectivity index (χ0n) is 34.8. The monoisotopic (exact) mass is 780 g/mol. The first-order valence-electron chi connectivity index (χ1n) is 20.8. The molecule has 0 radical (unpaired) electrons. The van der Waals surface area contributed by atoms with Gasteiger partial charge in [0.15, 0.2) is 0 Å².